The van der Waals surface area contributed by atoms with Crippen molar-refractivity contribution in [3.63, 3.8) is 0 Å². The van der Waals surface area contributed by atoms with Crippen molar-refractivity contribution >= 4 is 34.8 Å². The Labute approximate surface area is 105 Å². The summed E-state index contributed by atoms with van der Waals surface area (Å²) >= 11 is 17.9. The minimum Gasteiger partial charge on any atom is -0.310 e. The number of hydrogen-bond donors (Lipinski definition) is 1. The number of hydrogen-bond acceptors (Lipinski definition) is 1. The third-order valence-electron chi connectivity index (χ3n) is 2.69. The minimum absolute atomic E-state index is 0.345. The lowest BCUT2D eigenvalue weighted by Gasteiger charge is -2.31. The van der Waals surface area contributed by atoms with Crippen LogP contribution < -0.4 is 5.32 Å². The second-order valence-corrected chi connectivity index (χ2v) is 5.26. The van der Waals surface area contributed by atoms with Gasteiger partial charge in [0.25, 0.3) is 0 Å². The molecule has 0 spiro atoms. The van der Waals surface area contributed by atoms with Gasteiger partial charge >= 0.3 is 0 Å². The summed E-state index contributed by atoms with van der Waals surface area (Å²) in [5.41, 5.74) is 1.04. The molecule has 0 amide bonds. The van der Waals surface area contributed by atoms with Gasteiger partial charge in [0.1, 0.15) is 0 Å². The molecule has 0 unspecified atom stereocenters. The average molecular weight is 265 g/mol. The lowest BCUT2D eigenvalue weighted by atomic mass is 9.92. The van der Waals surface area contributed by atoms with Crippen molar-refractivity contribution in [3.05, 3.63) is 33.8 Å². The maximum Gasteiger partial charge on any atom is 0.0637 e. The van der Waals surface area contributed by atoms with E-state index in [9.17, 15) is 0 Å². The summed E-state index contributed by atoms with van der Waals surface area (Å²) in [5.74, 6) is 0. The van der Waals surface area contributed by atoms with E-state index in [2.05, 4.69) is 5.32 Å². The zero-order valence-electron chi connectivity index (χ0n) is 8.14. The monoisotopic (exact) mass is 263 g/mol. The van der Waals surface area contributed by atoms with Gasteiger partial charge in [-0.1, -0.05) is 35.3 Å². The van der Waals surface area contributed by atoms with E-state index in [1.165, 1.54) is 0 Å². The first-order chi connectivity index (χ1) is 7.16. The van der Waals surface area contributed by atoms with Gasteiger partial charge in [0, 0.05) is 18.0 Å². The second-order valence-electron chi connectivity index (χ2n) is 3.86. The molecular formula is C11H12Cl3N. The van der Waals surface area contributed by atoms with E-state index >= 15 is 0 Å². The summed E-state index contributed by atoms with van der Waals surface area (Å²) in [6.45, 7) is 0.758. The van der Waals surface area contributed by atoms with Crippen molar-refractivity contribution in [3.8, 4) is 0 Å². The molecule has 1 saturated carbocycles. The Morgan fingerprint density at radius 1 is 1.27 bits per heavy atom. The van der Waals surface area contributed by atoms with Gasteiger partial charge in [0.15, 0.2) is 0 Å². The molecule has 15 heavy (non-hydrogen) atoms. The highest BCUT2D eigenvalue weighted by atomic mass is 35.5. The molecule has 1 N–H and O–H groups in total. The minimum atomic E-state index is 0.345. The number of halogens is 3. The Morgan fingerprint density at radius 2 is 2.00 bits per heavy atom. The summed E-state index contributed by atoms with van der Waals surface area (Å²) in [7, 11) is 0. The molecule has 0 bridgehead atoms. The van der Waals surface area contributed by atoms with Crippen LogP contribution in [0.3, 0.4) is 0 Å². The molecule has 1 nitrogen and oxygen atoms in total. The standard InChI is InChI=1S/C11H12Cl3N/c12-8-4-9(5-8)15-6-7-2-1-3-10(13)11(7)14/h1-3,8-9,15H,4-6H2. The molecule has 1 aromatic rings. The SMILES string of the molecule is Clc1cccc(CNC2CC(Cl)C2)c1Cl. The van der Waals surface area contributed by atoms with Crippen LogP contribution in [0.2, 0.25) is 10.0 Å². The first-order valence-electron chi connectivity index (χ1n) is 4.97. The van der Waals surface area contributed by atoms with Gasteiger partial charge in [0.05, 0.1) is 10.0 Å². The van der Waals surface area contributed by atoms with Crippen LogP contribution in [0.15, 0.2) is 18.2 Å². The molecular weight excluding hydrogens is 252 g/mol. The van der Waals surface area contributed by atoms with Gasteiger partial charge < -0.3 is 5.32 Å². The van der Waals surface area contributed by atoms with E-state index in [1.807, 2.05) is 12.1 Å². The van der Waals surface area contributed by atoms with E-state index in [-0.39, 0.29) is 0 Å². The molecule has 0 atom stereocenters. The van der Waals surface area contributed by atoms with Crippen molar-refractivity contribution in [1.82, 2.24) is 5.32 Å². The van der Waals surface area contributed by atoms with Crippen LogP contribution in [0, 0.1) is 0 Å². The third-order valence-corrected chi connectivity index (χ3v) is 3.91. The Bertz CT molecular complexity index is 348. The number of rotatable bonds is 3. The predicted molar refractivity (Wildman–Crippen MR) is 66.0 cm³/mol. The Hall–Kier alpha value is 0.0500. The van der Waals surface area contributed by atoms with Crippen molar-refractivity contribution < 1.29 is 0 Å². The van der Waals surface area contributed by atoms with E-state index in [1.54, 1.807) is 6.07 Å². The van der Waals surface area contributed by atoms with E-state index in [0.717, 1.165) is 24.9 Å². The van der Waals surface area contributed by atoms with Crippen molar-refractivity contribution in [2.45, 2.75) is 30.8 Å². The van der Waals surface area contributed by atoms with Gasteiger partial charge in [-0.2, -0.15) is 0 Å². The first-order valence-corrected chi connectivity index (χ1v) is 6.16. The van der Waals surface area contributed by atoms with Crippen LogP contribution in [0.4, 0.5) is 0 Å². The van der Waals surface area contributed by atoms with Crippen LogP contribution in [0.1, 0.15) is 18.4 Å². The van der Waals surface area contributed by atoms with E-state index < -0.39 is 0 Å². The van der Waals surface area contributed by atoms with Gasteiger partial charge in [0.2, 0.25) is 0 Å². The lowest BCUT2D eigenvalue weighted by Crippen LogP contribution is -2.41. The van der Waals surface area contributed by atoms with Crippen LogP contribution in [0.5, 0.6) is 0 Å². The first kappa shape index (κ1) is 11.5. The molecule has 0 aliphatic heterocycles. The Balaban J connectivity index is 1.91. The Morgan fingerprint density at radius 3 is 2.67 bits per heavy atom. The van der Waals surface area contributed by atoms with Gasteiger partial charge in [-0.05, 0) is 24.5 Å². The Kier molecular flexibility index (Phi) is 3.78. The van der Waals surface area contributed by atoms with Crippen molar-refractivity contribution in [1.29, 1.82) is 0 Å². The molecule has 0 aromatic heterocycles. The molecule has 4 heteroatoms. The topological polar surface area (TPSA) is 12.0 Å². The fourth-order valence-corrected chi connectivity index (χ4v) is 2.47. The molecule has 1 aliphatic rings. The van der Waals surface area contributed by atoms with Crippen molar-refractivity contribution in [2.24, 2.45) is 0 Å². The summed E-state index contributed by atoms with van der Waals surface area (Å²) in [5, 5.41) is 5.01. The molecule has 2 rings (SSSR count). The fourth-order valence-electron chi connectivity index (χ4n) is 1.65. The third kappa shape index (κ3) is 2.79. The highest BCUT2D eigenvalue weighted by Crippen LogP contribution is 2.28. The molecule has 0 saturated heterocycles. The van der Waals surface area contributed by atoms with Crippen LogP contribution in [-0.4, -0.2) is 11.4 Å². The predicted octanol–water partition coefficient (Wildman–Crippen LogP) is 3.85. The molecule has 1 aliphatic carbocycles. The largest absolute Gasteiger partial charge is 0.310 e. The molecule has 1 fully saturated rings. The molecule has 0 heterocycles. The zero-order valence-corrected chi connectivity index (χ0v) is 10.4. The summed E-state index contributed by atoms with van der Waals surface area (Å²) in [6, 6.07) is 6.22. The maximum absolute atomic E-state index is 6.07. The number of benzene rings is 1. The highest BCUT2D eigenvalue weighted by molar-refractivity contribution is 6.42. The van der Waals surface area contributed by atoms with Gasteiger partial charge in [-0.25, -0.2) is 0 Å². The summed E-state index contributed by atoms with van der Waals surface area (Å²) in [6.07, 6.45) is 2.08. The zero-order chi connectivity index (χ0) is 10.8. The van der Waals surface area contributed by atoms with Crippen LogP contribution >= 0.6 is 34.8 Å². The normalized spacial score (nSPS) is 25.0. The fraction of sp³-hybridized carbons (Fsp3) is 0.455. The summed E-state index contributed by atoms with van der Waals surface area (Å²) in [4.78, 5) is 0. The smallest absolute Gasteiger partial charge is 0.0637 e. The highest BCUT2D eigenvalue weighted by Gasteiger charge is 2.26. The second kappa shape index (κ2) is 4.92. The average Bonchev–Trinajstić information content (AvgIpc) is 2.17. The molecule has 1 aromatic carbocycles. The van der Waals surface area contributed by atoms with Crippen molar-refractivity contribution in [2.75, 3.05) is 0 Å². The number of alkyl halides is 1. The summed E-state index contributed by atoms with van der Waals surface area (Å²) < 4.78 is 0. The lowest BCUT2D eigenvalue weighted by molar-refractivity contribution is 0.345. The maximum atomic E-state index is 6.07. The van der Waals surface area contributed by atoms with E-state index in [0.29, 0.717) is 21.5 Å². The van der Waals surface area contributed by atoms with Gasteiger partial charge in [-0.15, -0.1) is 11.6 Å². The molecule has 82 valence electrons. The van der Waals surface area contributed by atoms with Crippen LogP contribution in [0.25, 0.3) is 0 Å². The van der Waals surface area contributed by atoms with Crippen LogP contribution in [-0.2, 0) is 6.54 Å². The van der Waals surface area contributed by atoms with E-state index in [4.69, 9.17) is 34.8 Å². The van der Waals surface area contributed by atoms with Gasteiger partial charge in [-0.3, -0.25) is 0 Å². The quantitative estimate of drug-likeness (QED) is 0.818. The number of nitrogens with one attached hydrogen (secondary N) is 1. The molecule has 0 radical (unpaired) electrons.